The van der Waals surface area contributed by atoms with Gasteiger partial charge in [-0.05, 0) is 54.4 Å². The van der Waals surface area contributed by atoms with Crippen molar-refractivity contribution >= 4 is 34.9 Å². The molecule has 4 amide bonds. The van der Waals surface area contributed by atoms with Crippen LogP contribution in [-0.2, 0) is 22.2 Å². The minimum absolute atomic E-state index is 0.245. The van der Waals surface area contributed by atoms with Crippen molar-refractivity contribution in [3.8, 4) is 0 Å². The van der Waals surface area contributed by atoms with Gasteiger partial charge in [0.2, 0.25) is 5.91 Å². The number of halogens is 3. The standard InChI is InChI=1S/C28H23F3N4O3/c29-28(30,31)19-11-12-22-18(15-19)16-27(23-17-33(13-14-34(22)23)20-7-3-1-4-8-20)24(36)32-26(38)35(25(27)37)21-9-5-2-6-10-21/h1-12,15,23H,13-14,16-17H2,(H,32,36,38)/t23-,27+/m0/s1. The van der Waals surface area contributed by atoms with Crippen LogP contribution in [0.1, 0.15) is 11.1 Å². The molecule has 3 aliphatic heterocycles. The summed E-state index contributed by atoms with van der Waals surface area (Å²) >= 11 is 0. The second-order valence-corrected chi connectivity index (χ2v) is 9.72. The number of nitrogens with zero attached hydrogens (tertiary/aromatic N) is 3. The van der Waals surface area contributed by atoms with Crippen molar-refractivity contribution in [2.45, 2.75) is 18.6 Å². The predicted molar refractivity (Wildman–Crippen MR) is 135 cm³/mol. The van der Waals surface area contributed by atoms with E-state index in [-0.39, 0.29) is 24.2 Å². The number of para-hydroxylation sites is 2. The third-order valence-electron chi connectivity index (χ3n) is 7.68. The Morgan fingerprint density at radius 2 is 1.50 bits per heavy atom. The first kappa shape index (κ1) is 24.0. The van der Waals surface area contributed by atoms with E-state index in [0.717, 1.165) is 22.7 Å². The summed E-state index contributed by atoms with van der Waals surface area (Å²) in [6, 6.07) is 19.6. The highest BCUT2D eigenvalue weighted by atomic mass is 19.4. The minimum Gasteiger partial charge on any atom is -0.368 e. The monoisotopic (exact) mass is 520 g/mol. The van der Waals surface area contributed by atoms with Crippen molar-refractivity contribution in [1.82, 2.24) is 5.32 Å². The molecule has 10 heteroatoms. The van der Waals surface area contributed by atoms with Gasteiger partial charge in [-0.25, -0.2) is 9.69 Å². The van der Waals surface area contributed by atoms with E-state index in [9.17, 15) is 27.6 Å². The van der Waals surface area contributed by atoms with Crippen molar-refractivity contribution < 1.29 is 27.6 Å². The van der Waals surface area contributed by atoms with E-state index < -0.39 is 41.0 Å². The number of piperazine rings is 1. The molecule has 0 aromatic heterocycles. The van der Waals surface area contributed by atoms with Crippen LogP contribution in [-0.4, -0.2) is 43.5 Å². The summed E-state index contributed by atoms with van der Waals surface area (Å²) in [5.74, 6) is -1.54. The lowest BCUT2D eigenvalue weighted by Gasteiger charge is -2.55. The molecule has 194 valence electrons. The van der Waals surface area contributed by atoms with E-state index in [4.69, 9.17) is 0 Å². The number of alkyl halides is 3. The van der Waals surface area contributed by atoms with Crippen LogP contribution in [0, 0.1) is 5.41 Å². The van der Waals surface area contributed by atoms with Gasteiger partial charge < -0.3 is 9.80 Å². The smallest absolute Gasteiger partial charge is 0.368 e. The number of carbonyl (C=O) groups excluding carboxylic acids is 3. The first-order valence-electron chi connectivity index (χ1n) is 12.2. The van der Waals surface area contributed by atoms with Crippen LogP contribution in [0.15, 0.2) is 78.9 Å². The zero-order valence-electron chi connectivity index (χ0n) is 20.1. The molecule has 3 aromatic rings. The topological polar surface area (TPSA) is 73.0 Å². The average molecular weight is 521 g/mol. The fraction of sp³-hybridized carbons (Fsp3) is 0.250. The van der Waals surface area contributed by atoms with Gasteiger partial charge in [0.15, 0.2) is 5.41 Å². The number of rotatable bonds is 2. The number of anilines is 3. The van der Waals surface area contributed by atoms with Crippen molar-refractivity contribution in [2.24, 2.45) is 5.41 Å². The molecule has 0 unspecified atom stereocenters. The van der Waals surface area contributed by atoms with Gasteiger partial charge in [-0.3, -0.25) is 14.9 Å². The molecule has 1 spiro atoms. The summed E-state index contributed by atoms with van der Waals surface area (Å²) in [5, 5.41) is 2.34. The number of amides is 4. The predicted octanol–water partition coefficient (Wildman–Crippen LogP) is 4.23. The van der Waals surface area contributed by atoms with Crippen LogP contribution >= 0.6 is 0 Å². The SMILES string of the molecule is O=C1NC(=O)[C@]2(Cc3cc(C(F)(F)F)ccc3N3CCN(c4ccccc4)C[C@H]32)C(=O)N1c1ccccc1. The van der Waals surface area contributed by atoms with Gasteiger partial charge in [-0.2, -0.15) is 13.2 Å². The van der Waals surface area contributed by atoms with Gasteiger partial charge in [0.25, 0.3) is 5.91 Å². The van der Waals surface area contributed by atoms with Crippen molar-refractivity contribution in [3.63, 3.8) is 0 Å². The Kier molecular flexibility index (Phi) is 5.44. The van der Waals surface area contributed by atoms with Crippen LogP contribution in [0.5, 0.6) is 0 Å². The average Bonchev–Trinajstić information content (AvgIpc) is 2.92. The molecule has 7 nitrogen and oxygen atoms in total. The number of hydrogen-bond donors (Lipinski definition) is 1. The Morgan fingerprint density at radius 1 is 0.842 bits per heavy atom. The molecule has 1 N–H and O–H groups in total. The normalized spacial score (nSPS) is 23.3. The van der Waals surface area contributed by atoms with Crippen LogP contribution < -0.4 is 20.0 Å². The molecule has 6 rings (SSSR count). The molecule has 0 aliphatic carbocycles. The number of hydrogen-bond acceptors (Lipinski definition) is 5. The number of barbiturate groups is 1. The maximum absolute atomic E-state index is 14.3. The molecule has 3 heterocycles. The molecule has 2 saturated heterocycles. The van der Waals surface area contributed by atoms with Crippen molar-refractivity contribution in [1.29, 1.82) is 0 Å². The summed E-state index contributed by atoms with van der Waals surface area (Å²) < 4.78 is 40.9. The number of benzene rings is 3. The highest BCUT2D eigenvalue weighted by Crippen LogP contribution is 2.48. The van der Waals surface area contributed by atoms with E-state index >= 15 is 0 Å². The number of fused-ring (bicyclic) bond motifs is 4. The number of imide groups is 2. The zero-order chi connectivity index (χ0) is 26.7. The third kappa shape index (κ3) is 3.62. The molecule has 0 saturated carbocycles. The Bertz CT molecular complexity index is 1430. The lowest BCUT2D eigenvalue weighted by molar-refractivity contribution is -0.144. The van der Waals surface area contributed by atoms with Crippen molar-refractivity contribution in [2.75, 3.05) is 34.3 Å². The molecular weight excluding hydrogens is 497 g/mol. The molecule has 3 aromatic carbocycles. The quantitative estimate of drug-likeness (QED) is 0.513. The Morgan fingerprint density at radius 3 is 2.16 bits per heavy atom. The van der Waals surface area contributed by atoms with Gasteiger partial charge in [-0.15, -0.1) is 0 Å². The second kappa shape index (κ2) is 8.61. The summed E-state index contributed by atoms with van der Waals surface area (Å²) in [6.45, 7) is 1.17. The number of urea groups is 1. The Hall–Kier alpha value is -4.34. The molecule has 2 fully saturated rings. The fourth-order valence-electron chi connectivity index (χ4n) is 5.88. The lowest BCUT2D eigenvalue weighted by Crippen LogP contribution is -2.75. The van der Waals surface area contributed by atoms with E-state index in [2.05, 4.69) is 10.2 Å². The molecule has 2 atom stereocenters. The van der Waals surface area contributed by atoms with E-state index in [1.54, 1.807) is 30.3 Å². The number of carbonyl (C=O) groups is 3. The Labute approximate surface area is 216 Å². The lowest BCUT2D eigenvalue weighted by atomic mass is 9.67. The molecule has 0 radical (unpaired) electrons. The summed E-state index contributed by atoms with van der Waals surface area (Å²) in [6.07, 6.45) is -4.85. The van der Waals surface area contributed by atoms with Crippen LogP contribution in [0.2, 0.25) is 0 Å². The maximum Gasteiger partial charge on any atom is 0.416 e. The van der Waals surface area contributed by atoms with E-state index in [1.165, 1.54) is 6.07 Å². The summed E-state index contributed by atoms with van der Waals surface area (Å²) in [4.78, 5) is 45.8. The van der Waals surface area contributed by atoms with Crippen LogP contribution in [0.3, 0.4) is 0 Å². The van der Waals surface area contributed by atoms with E-state index in [1.807, 2.05) is 35.2 Å². The molecule has 3 aliphatic rings. The number of nitrogens with one attached hydrogen (secondary N) is 1. The maximum atomic E-state index is 14.3. The highest BCUT2D eigenvalue weighted by Gasteiger charge is 2.63. The molecular formula is C28H23F3N4O3. The van der Waals surface area contributed by atoms with Crippen LogP contribution in [0.25, 0.3) is 0 Å². The third-order valence-corrected chi connectivity index (χ3v) is 7.68. The summed E-state index contributed by atoms with van der Waals surface area (Å²) in [5.41, 5.74) is -0.694. The molecule has 0 bridgehead atoms. The summed E-state index contributed by atoms with van der Waals surface area (Å²) in [7, 11) is 0. The van der Waals surface area contributed by atoms with Crippen LogP contribution in [0.4, 0.5) is 35.0 Å². The fourth-order valence-corrected chi connectivity index (χ4v) is 5.88. The highest BCUT2D eigenvalue weighted by molar-refractivity contribution is 6.30. The van der Waals surface area contributed by atoms with E-state index in [0.29, 0.717) is 18.8 Å². The zero-order valence-corrected chi connectivity index (χ0v) is 20.1. The van der Waals surface area contributed by atoms with Gasteiger partial charge in [0.05, 0.1) is 17.3 Å². The van der Waals surface area contributed by atoms with Gasteiger partial charge in [-0.1, -0.05) is 36.4 Å². The van der Waals surface area contributed by atoms with Gasteiger partial charge >= 0.3 is 12.2 Å². The molecule has 38 heavy (non-hydrogen) atoms. The minimum atomic E-state index is -4.59. The first-order valence-corrected chi connectivity index (χ1v) is 12.2. The first-order chi connectivity index (χ1) is 18.2. The van der Waals surface area contributed by atoms with Crippen molar-refractivity contribution in [3.05, 3.63) is 90.0 Å². The largest absolute Gasteiger partial charge is 0.416 e. The Balaban J connectivity index is 1.51. The van der Waals surface area contributed by atoms with Gasteiger partial charge in [0.1, 0.15) is 0 Å². The van der Waals surface area contributed by atoms with Gasteiger partial charge in [0, 0.05) is 31.0 Å². The second-order valence-electron chi connectivity index (χ2n) is 9.72.